The Morgan fingerprint density at radius 3 is 2.32 bits per heavy atom. The number of nitrogens with zero attached hydrogens (tertiary/aromatic N) is 1. The van der Waals surface area contributed by atoms with E-state index in [0.717, 1.165) is 0 Å². The molecule has 8 nitrogen and oxygen atoms in total. The predicted molar refractivity (Wildman–Crippen MR) is 126 cm³/mol. The van der Waals surface area contributed by atoms with Crippen LogP contribution in [0.25, 0.3) is 11.3 Å². The zero-order valence-electron chi connectivity index (χ0n) is 18.3. The zero-order valence-corrected chi connectivity index (χ0v) is 18.3. The number of carboxylic acids is 1. The fourth-order valence-electron chi connectivity index (χ4n) is 4.75. The molecule has 0 bridgehead atoms. The Kier molecular flexibility index (Phi) is 5.22. The number of carbonyl (C=O) groups is 1. The van der Waals surface area contributed by atoms with Gasteiger partial charge in [0.05, 0.1) is 30.3 Å². The molecule has 0 amide bonds. The van der Waals surface area contributed by atoms with Crippen LogP contribution in [0.4, 0.5) is 5.82 Å². The van der Waals surface area contributed by atoms with Gasteiger partial charge in [0.25, 0.3) is 0 Å². The van der Waals surface area contributed by atoms with E-state index in [-0.39, 0.29) is 17.1 Å². The van der Waals surface area contributed by atoms with Crippen molar-refractivity contribution in [3.8, 4) is 22.8 Å². The average molecular weight is 457 g/mol. The molecular weight excluding hydrogens is 434 g/mol. The highest BCUT2D eigenvalue weighted by molar-refractivity contribution is 5.89. The quantitative estimate of drug-likeness (QED) is 0.306. The summed E-state index contributed by atoms with van der Waals surface area (Å²) in [5.74, 6) is -1.56. The van der Waals surface area contributed by atoms with Crippen molar-refractivity contribution in [3.05, 3.63) is 95.6 Å². The molecule has 0 saturated heterocycles. The number of nitrogens with one attached hydrogen (secondary N) is 2. The average Bonchev–Trinajstić information content (AvgIpc) is 3.29. The number of aliphatic carboxylic acids is 1. The van der Waals surface area contributed by atoms with Gasteiger partial charge in [-0.15, -0.1) is 0 Å². The van der Waals surface area contributed by atoms with Gasteiger partial charge in [0.2, 0.25) is 5.60 Å². The lowest BCUT2D eigenvalue weighted by molar-refractivity contribution is -0.163. The number of anilines is 1. The lowest BCUT2D eigenvalue weighted by Crippen LogP contribution is -2.49. The third-order valence-corrected chi connectivity index (χ3v) is 6.36. The number of carboxylic acid groups (broad SMARTS) is 1. The normalized spacial score (nSPS) is 21.4. The van der Waals surface area contributed by atoms with Crippen molar-refractivity contribution in [2.75, 3.05) is 12.4 Å². The number of rotatable bonds is 5. The van der Waals surface area contributed by atoms with E-state index in [1.165, 1.54) is 6.07 Å². The van der Waals surface area contributed by atoms with Crippen LogP contribution in [0.5, 0.6) is 11.5 Å². The van der Waals surface area contributed by atoms with Gasteiger partial charge in [-0.3, -0.25) is 5.10 Å². The van der Waals surface area contributed by atoms with Crippen LogP contribution in [-0.2, 0) is 10.4 Å². The summed E-state index contributed by atoms with van der Waals surface area (Å²) in [4.78, 5) is 12.9. The minimum atomic E-state index is -2.36. The Bertz CT molecular complexity index is 1340. The molecule has 3 atom stereocenters. The minimum absolute atomic E-state index is 0.0111. The number of phenolic OH excluding ortho intramolecular Hbond substituents is 1. The lowest BCUT2D eigenvalue weighted by Gasteiger charge is -2.43. The largest absolute Gasteiger partial charge is 0.508 e. The van der Waals surface area contributed by atoms with E-state index in [2.05, 4.69) is 15.5 Å². The molecule has 3 aromatic carbocycles. The first-order valence-corrected chi connectivity index (χ1v) is 10.7. The van der Waals surface area contributed by atoms with Gasteiger partial charge >= 0.3 is 5.97 Å². The third kappa shape index (κ3) is 3.27. The van der Waals surface area contributed by atoms with Gasteiger partial charge in [-0.05, 0) is 35.9 Å². The third-order valence-electron chi connectivity index (χ3n) is 6.36. The number of phenols is 1. The number of aromatic hydroxyl groups is 1. The molecule has 1 aliphatic rings. The number of H-pyrrole nitrogens is 1. The molecule has 0 unspecified atom stereocenters. The SMILES string of the molecule is COc1ccc(-c2[nH]nc3c2[C@](O)(C(=O)O)[C@@H](c2ccccc2)[C@H](c2ccccc2O)N3)cc1. The maximum absolute atomic E-state index is 12.9. The number of aromatic amines is 1. The molecule has 0 saturated carbocycles. The van der Waals surface area contributed by atoms with E-state index in [0.29, 0.717) is 28.1 Å². The van der Waals surface area contributed by atoms with Crippen LogP contribution in [0.3, 0.4) is 0 Å². The Labute approximate surface area is 195 Å². The molecule has 0 spiro atoms. The maximum Gasteiger partial charge on any atom is 0.341 e. The summed E-state index contributed by atoms with van der Waals surface area (Å²) in [6.07, 6.45) is 0. The molecule has 8 heteroatoms. The first-order valence-electron chi connectivity index (χ1n) is 10.7. The topological polar surface area (TPSA) is 128 Å². The Hall–Kier alpha value is -4.30. The Morgan fingerprint density at radius 1 is 1.00 bits per heavy atom. The molecule has 0 aliphatic carbocycles. The van der Waals surface area contributed by atoms with Crippen molar-refractivity contribution in [2.45, 2.75) is 17.6 Å². The lowest BCUT2D eigenvalue weighted by atomic mass is 9.68. The van der Waals surface area contributed by atoms with Crippen molar-refractivity contribution in [1.82, 2.24) is 10.2 Å². The summed E-state index contributed by atoms with van der Waals surface area (Å²) < 4.78 is 5.22. The van der Waals surface area contributed by atoms with Gasteiger partial charge in [-0.1, -0.05) is 48.5 Å². The van der Waals surface area contributed by atoms with Crippen molar-refractivity contribution in [3.63, 3.8) is 0 Å². The van der Waals surface area contributed by atoms with Gasteiger partial charge in [-0.25, -0.2) is 4.79 Å². The second kappa shape index (κ2) is 8.24. The van der Waals surface area contributed by atoms with E-state index >= 15 is 0 Å². The van der Waals surface area contributed by atoms with Gasteiger partial charge in [0.1, 0.15) is 11.5 Å². The van der Waals surface area contributed by atoms with Crippen LogP contribution in [0.2, 0.25) is 0 Å². The molecule has 34 heavy (non-hydrogen) atoms. The smallest absolute Gasteiger partial charge is 0.341 e. The molecule has 1 aromatic heterocycles. The molecule has 0 fully saturated rings. The fourth-order valence-corrected chi connectivity index (χ4v) is 4.75. The standard InChI is InChI=1S/C26H23N3O5/c1-34-17-13-11-16(12-14-17)22-21-24(29-28-22)27-23(18-9-5-6-10-19(18)30)20(26(21,33)25(31)32)15-7-3-2-4-8-15/h2-14,20,23,30,33H,1H3,(H,31,32)(H2,27,28,29)/t20-,23-,26-/m0/s1. The first kappa shape index (κ1) is 21.5. The van der Waals surface area contributed by atoms with Crippen LogP contribution in [-0.4, -0.2) is 38.6 Å². The highest BCUT2D eigenvalue weighted by atomic mass is 16.5. The number of benzene rings is 3. The molecule has 2 heterocycles. The Morgan fingerprint density at radius 2 is 1.68 bits per heavy atom. The monoisotopic (exact) mass is 457 g/mol. The molecule has 5 rings (SSSR count). The number of aliphatic hydroxyl groups is 1. The van der Waals surface area contributed by atoms with Crippen molar-refractivity contribution in [2.24, 2.45) is 0 Å². The number of hydrogen-bond acceptors (Lipinski definition) is 6. The van der Waals surface area contributed by atoms with Gasteiger partial charge in [0, 0.05) is 11.1 Å². The molecule has 172 valence electrons. The minimum Gasteiger partial charge on any atom is -0.508 e. The highest BCUT2D eigenvalue weighted by Crippen LogP contribution is 2.55. The van der Waals surface area contributed by atoms with E-state index in [4.69, 9.17) is 4.74 Å². The molecule has 0 radical (unpaired) electrons. The second-order valence-corrected chi connectivity index (χ2v) is 8.19. The van der Waals surface area contributed by atoms with Gasteiger partial charge in [0.15, 0.2) is 5.82 Å². The second-order valence-electron chi connectivity index (χ2n) is 8.19. The summed E-state index contributed by atoms with van der Waals surface area (Å²) in [5, 5.41) is 43.6. The first-order chi connectivity index (χ1) is 16.4. The number of aromatic nitrogens is 2. The number of para-hydroxylation sites is 1. The summed E-state index contributed by atoms with van der Waals surface area (Å²) >= 11 is 0. The highest BCUT2D eigenvalue weighted by Gasteiger charge is 2.57. The van der Waals surface area contributed by atoms with Crippen LogP contribution >= 0.6 is 0 Å². The number of hydrogen-bond donors (Lipinski definition) is 5. The Balaban J connectivity index is 1.76. The van der Waals surface area contributed by atoms with Gasteiger partial charge in [-0.2, -0.15) is 5.10 Å². The van der Waals surface area contributed by atoms with E-state index < -0.39 is 23.5 Å². The number of methoxy groups -OCH3 is 1. The predicted octanol–water partition coefficient (Wildman–Crippen LogP) is 4.01. The van der Waals surface area contributed by atoms with E-state index in [1.54, 1.807) is 73.8 Å². The van der Waals surface area contributed by atoms with Crippen LogP contribution in [0.1, 0.15) is 28.7 Å². The molecule has 5 N–H and O–H groups in total. The zero-order chi connectivity index (χ0) is 23.9. The van der Waals surface area contributed by atoms with Crippen LogP contribution in [0.15, 0.2) is 78.9 Å². The molecule has 4 aromatic rings. The van der Waals surface area contributed by atoms with E-state index in [1.807, 2.05) is 6.07 Å². The van der Waals surface area contributed by atoms with Crippen LogP contribution in [0, 0.1) is 0 Å². The number of ether oxygens (including phenoxy) is 1. The molecular formula is C26H23N3O5. The van der Waals surface area contributed by atoms with Crippen molar-refractivity contribution >= 4 is 11.8 Å². The van der Waals surface area contributed by atoms with Crippen molar-refractivity contribution in [1.29, 1.82) is 0 Å². The fraction of sp³-hybridized carbons (Fsp3) is 0.154. The summed E-state index contributed by atoms with van der Waals surface area (Å²) in [7, 11) is 1.56. The summed E-state index contributed by atoms with van der Waals surface area (Å²) in [6, 6.07) is 21.9. The molecule has 1 aliphatic heterocycles. The van der Waals surface area contributed by atoms with Crippen LogP contribution < -0.4 is 10.1 Å². The van der Waals surface area contributed by atoms with Gasteiger partial charge < -0.3 is 25.4 Å². The summed E-state index contributed by atoms with van der Waals surface area (Å²) in [6.45, 7) is 0. The van der Waals surface area contributed by atoms with Crippen molar-refractivity contribution < 1.29 is 24.9 Å². The number of fused-ring (bicyclic) bond motifs is 1. The maximum atomic E-state index is 12.9. The van der Waals surface area contributed by atoms with E-state index in [9.17, 15) is 20.1 Å². The summed E-state index contributed by atoms with van der Waals surface area (Å²) in [5.41, 5.74) is -0.158.